The third-order valence-electron chi connectivity index (χ3n) is 3.30. The molecule has 3 aromatic rings. The zero-order valence-electron chi connectivity index (χ0n) is 12.4. The largest absolute Gasteiger partial charge is 0.497 e. The van der Waals surface area contributed by atoms with Crippen molar-refractivity contribution in [1.29, 1.82) is 10.7 Å². The number of aromatic nitrogens is 4. The monoisotopic (exact) mass is 308 g/mol. The van der Waals surface area contributed by atoms with Gasteiger partial charge in [-0.1, -0.05) is 0 Å². The van der Waals surface area contributed by atoms with Crippen molar-refractivity contribution in [3.63, 3.8) is 0 Å². The van der Waals surface area contributed by atoms with Crippen LogP contribution in [-0.4, -0.2) is 33.8 Å². The van der Waals surface area contributed by atoms with Gasteiger partial charge < -0.3 is 9.47 Å². The molecule has 0 saturated heterocycles. The highest BCUT2D eigenvalue weighted by molar-refractivity contribution is 5.74. The molecule has 0 aliphatic heterocycles. The zero-order chi connectivity index (χ0) is 16.4. The molecule has 1 N–H and O–H groups in total. The maximum Gasteiger partial charge on any atom is 0.253 e. The van der Waals surface area contributed by atoms with E-state index in [2.05, 4.69) is 15.1 Å². The van der Waals surface area contributed by atoms with Crippen LogP contribution in [0.1, 0.15) is 5.56 Å². The van der Waals surface area contributed by atoms with Crippen LogP contribution in [0.15, 0.2) is 30.6 Å². The molecule has 0 amide bonds. The van der Waals surface area contributed by atoms with Gasteiger partial charge in [0, 0.05) is 5.56 Å². The maximum absolute atomic E-state index is 9.47. The minimum atomic E-state index is -0.0922. The van der Waals surface area contributed by atoms with E-state index in [0.29, 0.717) is 22.8 Å². The first-order valence-electron chi connectivity index (χ1n) is 6.60. The molecule has 8 nitrogen and oxygen atoms in total. The average Bonchev–Trinajstić information content (AvgIpc) is 2.61. The summed E-state index contributed by atoms with van der Waals surface area (Å²) in [4.78, 5) is 8.46. The molecule has 0 bridgehead atoms. The van der Waals surface area contributed by atoms with Gasteiger partial charge in [-0.25, -0.2) is 9.97 Å². The maximum atomic E-state index is 9.47. The van der Waals surface area contributed by atoms with Crippen molar-refractivity contribution >= 4 is 5.78 Å². The normalized spacial score (nSPS) is 10.3. The summed E-state index contributed by atoms with van der Waals surface area (Å²) in [6.07, 6.45) is 2.90. The molecular weight excluding hydrogens is 296 g/mol. The number of methoxy groups -OCH3 is 2. The second-order valence-corrected chi connectivity index (χ2v) is 4.52. The minimum absolute atomic E-state index is 0.0783. The van der Waals surface area contributed by atoms with Crippen molar-refractivity contribution in [3.05, 3.63) is 41.6 Å². The average molecular weight is 308 g/mol. The molecule has 3 rings (SSSR count). The Bertz CT molecular complexity index is 989. The molecule has 1 aromatic carbocycles. The first-order chi connectivity index (χ1) is 11.2. The molecule has 23 heavy (non-hydrogen) atoms. The summed E-state index contributed by atoms with van der Waals surface area (Å²) in [6, 6.07) is 7.17. The van der Waals surface area contributed by atoms with E-state index in [-0.39, 0.29) is 16.8 Å². The van der Waals surface area contributed by atoms with Crippen LogP contribution in [0.4, 0.5) is 0 Å². The zero-order valence-corrected chi connectivity index (χ0v) is 12.4. The molecule has 8 heteroatoms. The van der Waals surface area contributed by atoms with Gasteiger partial charge in [0.25, 0.3) is 5.78 Å². The molecule has 0 unspecified atom stereocenters. The summed E-state index contributed by atoms with van der Waals surface area (Å²) < 4.78 is 11.8. The van der Waals surface area contributed by atoms with Gasteiger partial charge in [-0.05, 0) is 18.2 Å². The SMILES string of the molecule is COc1ccc(OC)c(-c2nc3nccnn3c(=N)c2C#N)c1. The Morgan fingerprint density at radius 1 is 1.22 bits per heavy atom. The summed E-state index contributed by atoms with van der Waals surface area (Å²) >= 11 is 0. The summed E-state index contributed by atoms with van der Waals surface area (Å²) in [7, 11) is 3.07. The number of benzene rings is 1. The Balaban J connectivity index is 2.41. The predicted octanol–water partition coefficient (Wildman–Crippen LogP) is 1.16. The summed E-state index contributed by atoms with van der Waals surface area (Å²) in [5.41, 5.74) is 0.832. The van der Waals surface area contributed by atoms with Crippen molar-refractivity contribution in [2.45, 2.75) is 0 Å². The highest BCUT2D eigenvalue weighted by Gasteiger charge is 2.17. The minimum Gasteiger partial charge on any atom is -0.497 e. The molecule has 0 radical (unpaired) electrons. The molecule has 0 spiro atoms. The third kappa shape index (κ3) is 2.34. The molecule has 0 atom stereocenters. The van der Waals surface area contributed by atoms with E-state index >= 15 is 0 Å². The van der Waals surface area contributed by atoms with Gasteiger partial charge >= 0.3 is 0 Å². The van der Waals surface area contributed by atoms with Crippen LogP contribution in [-0.2, 0) is 0 Å². The standard InChI is InChI=1S/C15H12N6O2/c1-22-9-3-4-12(23-2)10(7-9)13-11(8-16)14(17)21-15(20-13)18-5-6-19-21/h3-7,17H,1-2H3. The lowest BCUT2D eigenvalue weighted by atomic mass is 10.1. The van der Waals surface area contributed by atoms with Crippen LogP contribution < -0.4 is 15.0 Å². The number of hydrogen-bond donors (Lipinski definition) is 1. The van der Waals surface area contributed by atoms with Crippen molar-refractivity contribution in [3.8, 4) is 28.8 Å². The van der Waals surface area contributed by atoms with Crippen molar-refractivity contribution < 1.29 is 9.47 Å². The number of nitrogens with one attached hydrogen (secondary N) is 1. The van der Waals surface area contributed by atoms with Gasteiger partial charge in [0.2, 0.25) is 0 Å². The van der Waals surface area contributed by atoms with Gasteiger partial charge in [-0.3, -0.25) is 5.41 Å². The lowest BCUT2D eigenvalue weighted by Crippen LogP contribution is -2.22. The fraction of sp³-hybridized carbons (Fsp3) is 0.133. The lowest BCUT2D eigenvalue weighted by Gasteiger charge is -2.12. The number of rotatable bonds is 3. The van der Waals surface area contributed by atoms with E-state index in [4.69, 9.17) is 14.9 Å². The van der Waals surface area contributed by atoms with E-state index in [1.807, 2.05) is 6.07 Å². The fourth-order valence-electron chi connectivity index (χ4n) is 2.21. The molecule has 0 aliphatic carbocycles. The van der Waals surface area contributed by atoms with E-state index in [0.717, 1.165) is 0 Å². The number of ether oxygens (including phenoxy) is 2. The molecule has 0 saturated carbocycles. The van der Waals surface area contributed by atoms with Crippen molar-refractivity contribution in [1.82, 2.24) is 19.6 Å². The Kier molecular flexibility index (Phi) is 3.60. The molecule has 2 aromatic heterocycles. The van der Waals surface area contributed by atoms with E-state index in [9.17, 15) is 5.26 Å². The first kappa shape index (κ1) is 14.5. The Morgan fingerprint density at radius 3 is 2.74 bits per heavy atom. The summed E-state index contributed by atoms with van der Waals surface area (Å²) in [5.74, 6) is 1.32. The van der Waals surface area contributed by atoms with Crippen LogP contribution in [0, 0.1) is 16.7 Å². The molecule has 114 valence electrons. The molecule has 0 fully saturated rings. The van der Waals surface area contributed by atoms with Gasteiger partial charge in [0.05, 0.1) is 32.3 Å². The smallest absolute Gasteiger partial charge is 0.253 e. The topological polar surface area (TPSA) is 109 Å². The third-order valence-corrected chi connectivity index (χ3v) is 3.30. The first-order valence-corrected chi connectivity index (χ1v) is 6.60. The predicted molar refractivity (Wildman–Crippen MR) is 79.9 cm³/mol. The number of fused-ring (bicyclic) bond motifs is 1. The molecular formula is C15H12N6O2. The lowest BCUT2D eigenvalue weighted by molar-refractivity contribution is 0.404. The van der Waals surface area contributed by atoms with Crippen LogP contribution in [0.3, 0.4) is 0 Å². The second-order valence-electron chi connectivity index (χ2n) is 4.52. The van der Waals surface area contributed by atoms with Crippen molar-refractivity contribution in [2.24, 2.45) is 0 Å². The fourth-order valence-corrected chi connectivity index (χ4v) is 2.21. The van der Waals surface area contributed by atoms with Crippen LogP contribution in [0.2, 0.25) is 0 Å². The molecule has 2 heterocycles. The molecule has 0 aliphatic rings. The Labute approximate surface area is 131 Å². The summed E-state index contributed by atoms with van der Waals surface area (Å²) in [6.45, 7) is 0. The highest BCUT2D eigenvalue weighted by atomic mass is 16.5. The Morgan fingerprint density at radius 2 is 2.04 bits per heavy atom. The van der Waals surface area contributed by atoms with Crippen molar-refractivity contribution in [2.75, 3.05) is 14.2 Å². The van der Waals surface area contributed by atoms with Gasteiger partial charge in [-0.2, -0.15) is 14.9 Å². The van der Waals surface area contributed by atoms with Gasteiger partial charge in [0.1, 0.15) is 23.1 Å². The number of nitrogens with zero attached hydrogens (tertiary/aromatic N) is 5. The van der Waals surface area contributed by atoms with E-state index < -0.39 is 0 Å². The highest BCUT2D eigenvalue weighted by Crippen LogP contribution is 2.33. The quantitative estimate of drug-likeness (QED) is 0.777. The van der Waals surface area contributed by atoms with Crippen LogP contribution in [0.5, 0.6) is 11.5 Å². The number of hydrogen-bond acceptors (Lipinski definition) is 7. The van der Waals surface area contributed by atoms with Crippen LogP contribution in [0.25, 0.3) is 17.0 Å². The van der Waals surface area contributed by atoms with Gasteiger partial charge in [-0.15, -0.1) is 0 Å². The number of nitriles is 1. The van der Waals surface area contributed by atoms with E-state index in [1.165, 1.54) is 24.0 Å². The Hall–Kier alpha value is -3.47. The van der Waals surface area contributed by atoms with Gasteiger partial charge in [0.15, 0.2) is 5.49 Å². The van der Waals surface area contributed by atoms with Crippen LogP contribution >= 0.6 is 0 Å². The van der Waals surface area contributed by atoms with E-state index in [1.54, 1.807) is 25.3 Å². The summed E-state index contributed by atoms with van der Waals surface area (Å²) in [5, 5.41) is 21.6. The second kappa shape index (κ2) is 5.73.